The lowest BCUT2D eigenvalue weighted by Gasteiger charge is -2.21. The van der Waals surface area contributed by atoms with Crippen LogP contribution in [-0.4, -0.2) is 39.5 Å². The molecule has 78 valence electrons. The van der Waals surface area contributed by atoms with Gasteiger partial charge >= 0.3 is 0 Å². The van der Waals surface area contributed by atoms with E-state index < -0.39 is 10.8 Å². The molecule has 0 heterocycles. The Morgan fingerprint density at radius 1 is 1.62 bits per heavy atom. The second kappa shape index (κ2) is 5.08. The summed E-state index contributed by atoms with van der Waals surface area (Å²) in [5, 5.41) is 12.9. The molecule has 1 aliphatic rings. The van der Waals surface area contributed by atoms with E-state index in [4.69, 9.17) is 0 Å². The second-order valence-corrected chi connectivity index (χ2v) is 5.39. The smallest absolute Gasteiger partial charge is 0.0693 e. The van der Waals surface area contributed by atoms with Crippen LogP contribution >= 0.6 is 0 Å². The fraction of sp³-hybridized carbons (Fsp3) is 1.00. The SMILES string of the molecule is CC(CS(C)=O)N[C@@H]1CCC[C@H]1O. The molecule has 4 atom stereocenters. The fourth-order valence-corrected chi connectivity index (χ4v) is 2.70. The van der Waals surface area contributed by atoms with E-state index >= 15 is 0 Å². The van der Waals surface area contributed by atoms with Crippen molar-refractivity contribution in [1.82, 2.24) is 5.32 Å². The first-order valence-electron chi connectivity index (χ1n) is 4.83. The maximum absolute atomic E-state index is 10.9. The van der Waals surface area contributed by atoms with Gasteiger partial charge in [0.2, 0.25) is 0 Å². The minimum Gasteiger partial charge on any atom is -0.392 e. The van der Waals surface area contributed by atoms with Gasteiger partial charge in [-0.3, -0.25) is 4.21 Å². The number of hydrogen-bond donors (Lipinski definition) is 2. The average Bonchev–Trinajstić information content (AvgIpc) is 2.34. The predicted molar refractivity (Wildman–Crippen MR) is 55.2 cm³/mol. The van der Waals surface area contributed by atoms with Crippen molar-refractivity contribution in [2.75, 3.05) is 12.0 Å². The summed E-state index contributed by atoms with van der Waals surface area (Å²) in [6.07, 6.45) is 4.55. The molecule has 0 aromatic carbocycles. The summed E-state index contributed by atoms with van der Waals surface area (Å²) in [5.74, 6) is 0.670. The summed E-state index contributed by atoms with van der Waals surface area (Å²) in [4.78, 5) is 0. The highest BCUT2D eigenvalue weighted by atomic mass is 32.2. The topological polar surface area (TPSA) is 49.3 Å². The Morgan fingerprint density at radius 2 is 2.31 bits per heavy atom. The number of nitrogens with one attached hydrogen (secondary N) is 1. The maximum atomic E-state index is 10.9. The Morgan fingerprint density at radius 3 is 2.77 bits per heavy atom. The molecule has 0 aromatic rings. The third kappa shape index (κ3) is 3.75. The Bertz CT molecular complexity index is 186. The van der Waals surface area contributed by atoms with Crippen LogP contribution in [0.4, 0.5) is 0 Å². The van der Waals surface area contributed by atoms with E-state index in [0.717, 1.165) is 19.3 Å². The molecule has 0 saturated heterocycles. The molecule has 0 radical (unpaired) electrons. The zero-order valence-electron chi connectivity index (χ0n) is 8.32. The van der Waals surface area contributed by atoms with Gasteiger partial charge in [0.1, 0.15) is 0 Å². The molecule has 0 aromatic heterocycles. The molecule has 0 aliphatic heterocycles. The molecule has 0 spiro atoms. The molecule has 2 N–H and O–H groups in total. The lowest BCUT2D eigenvalue weighted by Crippen LogP contribution is -2.43. The Kier molecular flexibility index (Phi) is 4.35. The average molecular weight is 205 g/mol. The summed E-state index contributed by atoms with van der Waals surface area (Å²) in [5.41, 5.74) is 0. The number of aliphatic hydroxyl groups excluding tert-OH is 1. The normalized spacial score (nSPS) is 33.2. The van der Waals surface area contributed by atoms with Crippen molar-refractivity contribution in [2.45, 2.75) is 44.4 Å². The first-order chi connectivity index (χ1) is 6.09. The third-order valence-electron chi connectivity index (χ3n) is 2.46. The van der Waals surface area contributed by atoms with Crippen molar-refractivity contribution >= 4 is 10.8 Å². The van der Waals surface area contributed by atoms with E-state index in [-0.39, 0.29) is 18.2 Å². The van der Waals surface area contributed by atoms with E-state index in [1.165, 1.54) is 0 Å². The van der Waals surface area contributed by atoms with Crippen molar-refractivity contribution in [3.63, 3.8) is 0 Å². The molecule has 2 unspecified atom stereocenters. The van der Waals surface area contributed by atoms with Crippen LogP contribution in [-0.2, 0) is 10.8 Å². The predicted octanol–water partition coefficient (Wildman–Crippen LogP) is 0.256. The highest BCUT2D eigenvalue weighted by molar-refractivity contribution is 7.84. The molecule has 1 rings (SSSR count). The van der Waals surface area contributed by atoms with Gasteiger partial charge in [-0.15, -0.1) is 0 Å². The molecular formula is C9H19NO2S. The van der Waals surface area contributed by atoms with Crippen LogP contribution in [0.3, 0.4) is 0 Å². The zero-order chi connectivity index (χ0) is 9.84. The van der Waals surface area contributed by atoms with Crippen molar-refractivity contribution in [2.24, 2.45) is 0 Å². The van der Waals surface area contributed by atoms with E-state index in [9.17, 15) is 9.32 Å². The number of rotatable bonds is 4. The van der Waals surface area contributed by atoms with Gasteiger partial charge in [-0.2, -0.15) is 0 Å². The molecule has 3 nitrogen and oxygen atoms in total. The number of hydrogen-bond acceptors (Lipinski definition) is 3. The monoisotopic (exact) mass is 205 g/mol. The highest BCUT2D eigenvalue weighted by Gasteiger charge is 2.25. The minimum atomic E-state index is -0.751. The molecule has 4 heteroatoms. The first kappa shape index (κ1) is 11.1. The van der Waals surface area contributed by atoms with Gasteiger partial charge < -0.3 is 10.4 Å². The van der Waals surface area contributed by atoms with Gasteiger partial charge in [-0.1, -0.05) is 0 Å². The number of aliphatic hydroxyl groups is 1. The van der Waals surface area contributed by atoms with Crippen LogP contribution in [0.15, 0.2) is 0 Å². The highest BCUT2D eigenvalue weighted by Crippen LogP contribution is 2.19. The van der Waals surface area contributed by atoms with E-state index in [0.29, 0.717) is 5.75 Å². The lowest BCUT2D eigenvalue weighted by molar-refractivity contribution is 0.145. The Labute approximate surface area is 82.4 Å². The van der Waals surface area contributed by atoms with Crippen LogP contribution in [0.25, 0.3) is 0 Å². The van der Waals surface area contributed by atoms with E-state index in [2.05, 4.69) is 5.32 Å². The maximum Gasteiger partial charge on any atom is 0.0693 e. The first-order valence-corrected chi connectivity index (χ1v) is 6.56. The molecule has 0 bridgehead atoms. The van der Waals surface area contributed by atoms with E-state index in [1.807, 2.05) is 6.92 Å². The Hall–Kier alpha value is 0.0700. The van der Waals surface area contributed by atoms with Gasteiger partial charge in [0.15, 0.2) is 0 Å². The van der Waals surface area contributed by atoms with Crippen LogP contribution < -0.4 is 5.32 Å². The summed E-state index contributed by atoms with van der Waals surface area (Å²) < 4.78 is 10.9. The van der Waals surface area contributed by atoms with Gasteiger partial charge in [0, 0.05) is 34.9 Å². The summed E-state index contributed by atoms with van der Waals surface area (Å²) in [7, 11) is -0.751. The van der Waals surface area contributed by atoms with Gasteiger partial charge in [-0.25, -0.2) is 0 Å². The minimum absolute atomic E-state index is 0.201. The lowest BCUT2D eigenvalue weighted by atomic mass is 10.2. The van der Waals surface area contributed by atoms with Gasteiger partial charge in [0.25, 0.3) is 0 Å². The molecular weight excluding hydrogens is 186 g/mol. The largest absolute Gasteiger partial charge is 0.392 e. The van der Waals surface area contributed by atoms with Crippen LogP contribution in [0.1, 0.15) is 26.2 Å². The summed E-state index contributed by atoms with van der Waals surface area (Å²) in [6, 6.07) is 0.460. The van der Waals surface area contributed by atoms with Crippen molar-refractivity contribution in [3.05, 3.63) is 0 Å². The Balaban J connectivity index is 2.26. The van der Waals surface area contributed by atoms with Crippen LogP contribution in [0.2, 0.25) is 0 Å². The van der Waals surface area contributed by atoms with Crippen molar-refractivity contribution in [1.29, 1.82) is 0 Å². The fourth-order valence-electron chi connectivity index (χ4n) is 1.90. The zero-order valence-corrected chi connectivity index (χ0v) is 9.14. The third-order valence-corrected chi connectivity index (χ3v) is 3.43. The van der Waals surface area contributed by atoms with Crippen LogP contribution in [0, 0.1) is 0 Å². The van der Waals surface area contributed by atoms with Gasteiger partial charge in [-0.05, 0) is 26.2 Å². The molecule has 13 heavy (non-hydrogen) atoms. The van der Waals surface area contributed by atoms with E-state index in [1.54, 1.807) is 6.26 Å². The quantitative estimate of drug-likeness (QED) is 0.692. The van der Waals surface area contributed by atoms with Crippen molar-refractivity contribution in [3.8, 4) is 0 Å². The molecule has 1 saturated carbocycles. The van der Waals surface area contributed by atoms with Crippen molar-refractivity contribution < 1.29 is 9.32 Å². The van der Waals surface area contributed by atoms with Crippen LogP contribution in [0.5, 0.6) is 0 Å². The summed E-state index contributed by atoms with van der Waals surface area (Å²) in [6.45, 7) is 2.02. The summed E-state index contributed by atoms with van der Waals surface area (Å²) >= 11 is 0. The van der Waals surface area contributed by atoms with Gasteiger partial charge in [0.05, 0.1) is 6.10 Å². The molecule has 1 fully saturated rings. The second-order valence-electron chi connectivity index (χ2n) is 3.91. The standard InChI is InChI=1S/C9H19NO2S/c1-7(6-13(2)12)10-8-4-3-5-9(8)11/h7-11H,3-6H2,1-2H3/t7?,8-,9-,13?/m1/s1. The molecule has 0 amide bonds. The molecule has 1 aliphatic carbocycles.